The van der Waals surface area contributed by atoms with Crippen LogP contribution in [0.25, 0.3) is 0 Å². The van der Waals surface area contributed by atoms with Gasteiger partial charge in [-0.3, -0.25) is 4.79 Å². The van der Waals surface area contributed by atoms with E-state index in [0.717, 1.165) is 52.0 Å². The average molecular weight is 324 g/mol. The summed E-state index contributed by atoms with van der Waals surface area (Å²) < 4.78 is 0. The lowest BCUT2D eigenvalue weighted by molar-refractivity contribution is -0.127. The van der Waals surface area contributed by atoms with E-state index in [0.29, 0.717) is 6.04 Å². The molecule has 0 unspecified atom stereocenters. The Morgan fingerprint density at radius 2 is 1.86 bits per heavy atom. The highest BCUT2D eigenvalue weighted by atomic mass is 35.5. The number of hydrogen-bond acceptors (Lipinski definition) is 3. The van der Waals surface area contributed by atoms with Gasteiger partial charge in [0.25, 0.3) is 0 Å². The minimum absolute atomic E-state index is 0. The Kier molecular flexibility index (Phi) is 6.68. The lowest BCUT2D eigenvalue weighted by atomic mass is 9.99. The van der Waals surface area contributed by atoms with E-state index in [1.807, 2.05) is 0 Å². The van der Waals surface area contributed by atoms with Gasteiger partial charge in [0.15, 0.2) is 0 Å². The molecule has 0 spiro atoms. The molecule has 1 aromatic rings. The minimum atomic E-state index is 0. The van der Waals surface area contributed by atoms with E-state index >= 15 is 0 Å². The number of likely N-dealkylation sites (tertiary alicyclic amines) is 1. The van der Waals surface area contributed by atoms with Gasteiger partial charge in [-0.15, -0.1) is 12.4 Å². The Labute approximate surface area is 139 Å². The predicted octanol–water partition coefficient (Wildman–Crippen LogP) is 1.45. The molecule has 2 heterocycles. The highest BCUT2D eigenvalue weighted by Crippen LogP contribution is 2.13. The number of amides is 1. The van der Waals surface area contributed by atoms with Crippen molar-refractivity contribution in [1.82, 2.24) is 15.5 Å². The fraction of sp³-hybridized carbons (Fsp3) is 0.588. The van der Waals surface area contributed by atoms with Crippen molar-refractivity contribution in [2.24, 2.45) is 5.92 Å². The standard InChI is InChI=1S/C17H25N3O.ClH/c21-17(15-12-18-13-15)19-16-7-10-20(11-8-16)9-6-14-4-2-1-3-5-14;/h1-5,15-16,18H,6-13H2,(H,19,21);1H. The van der Waals surface area contributed by atoms with Gasteiger partial charge < -0.3 is 15.5 Å². The summed E-state index contributed by atoms with van der Waals surface area (Å²) in [7, 11) is 0. The number of hydrogen-bond donors (Lipinski definition) is 2. The second kappa shape index (κ2) is 8.51. The van der Waals surface area contributed by atoms with Crippen LogP contribution in [0.3, 0.4) is 0 Å². The van der Waals surface area contributed by atoms with Crippen LogP contribution in [0.15, 0.2) is 30.3 Å². The maximum absolute atomic E-state index is 11.9. The predicted molar refractivity (Wildman–Crippen MR) is 91.4 cm³/mol. The molecule has 2 saturated heterocycles. The first kappa shape index (κ1) is 17.3. The van der Waals surface area contributed by atoms with Gasteiger partial charge in [-0.05, 0) is 24.8 Å². The van der Waals surface area contributed by atoms with Gasteiger partial charge in [0, 0.05) is 38.8 Å². The van der Waals surface area contributed by atoms with E-state index in [9.17, 15) is 4.79 Å². The van der Waals surface area contributed by atoms with Crippen molar-refractivity contribution in [3.8, 4) is 0 Å². The Morgan fingerprint density at radius 1 is 1.18 bits per heavy atom. The molecule has 0 saturated carbocycles. The smallest absolute Gasteiger partial charge is 0.225 e. The van der Waals surface area contributed by atoms with Crippen LogP contribution in [-0.2, 0) is 11.2 Å². The topological polar surface area (TPSA) is 44.4 Å². The fourth-order valence-electron chi connectivity index (χ4n) is 3.03. The van der Waals surface area contributed by atoms with Crippen molar-refractivity contribution in [2.45, 2.75) is 25.3 Å². The number of benzene rings is 1. The summed E-state index contributed by atoms with van der Waals surface area (Å²) in [5.74, 6) is 0.456. The first-order chi connectivity index (χ1) is 10.3. The molecule has 5 heteroatoms. The van der Waals surface area contributed by atoms with Gasteiger partial charge in [-0.2, -0.15) is 0 Å². The number of nitrogens with one attached hydrogen (secondary N) is 2. The number of carbonyl (C=O) groups excluding carboxylic acids is 1. The molecule has 1 aromatic carbocycles. The zero-order valence-electron chi connectivity index (χ0n) is 13.0. The number of halogens is 1. The summed E-state index contributed by atoms with van der Waals surface area (Å²) in [4.78, 5) is 14.4. The molecule has 4 nitrogen and oxygen atoms in total. The zero-order valence-corrected chi connectivity index (χ0v) is 13.8. The van der Waals surface area contributed by atoms with Crippen LogP contribution < -0.4 is 10.6 Å². The summed E-state index contributed by atoms with van der Waals surface area (Å²) in [6.45, 7) is 5.02. The van der Waals surface area contributed by atoms with Crippen LogP contribution in [0.2, 0.25) is 0 Å². The first-order valence-electron chi connectivity index (χ1n) is 8.08. The van der Waals surface area contributed by atoms with Crippen LogP contribution in [-0.4, -0.2) is 49.6 Å². The molecule has 0 aromatic heterocycles. The van der Waals surface area contributed by atoms with Crippen molar-refractivity contribution >= 4 is 18.3 Å². The first-order valence-corrected chi connectivity index (χ1v) is 8.08. The van der Waals surface area contributed by atoms with Crippen LogP contribution >= 0.6 is 12.4 Å². The van der Waals surface area contributed by atoms with E-state index in [2.05, 4.69) is 45.9 Å². The monoisotopic (exact) mass is 323 g/mol. The second-order valence-corrected chi connectivity index (χ2v) is 6.22. The van der Waals surface area contributed by atoms with E-state index in [4.69, 9.17) is 0 Å². The molecular formula is C17H26ClN3O. The lowest BCUT2D eigenvalue weighted by Gasteiger charge is -2.34. The minimum Gasteiger partial charge on any atom is -0.353 e. The summed E-state index contributed by atoms with van der Waals surface area (Å²) in [5.41, 5.74) is 1.41. The summed E-state index contributed by atoms with van der Waals surface area (Å²) in [6, 6.07) is 11.0. The Hall–Kier alpha value is -1.10. The van der Waals surface area contributed by atoms with Gasteiger partial charge in [0.1, 0.15) is 0 Å². The van der Waals surface area contributed by atoms with Gasteiger partial charge >= 0.3 is 0 Å². The highest BCUT2D eigenvalue weighted by molar-refractivity contribution is 5.85. The zero-order chi connectivity index (χ0) is 14.5. The van der Waals surface area contributed by atoms with Gasteiger partial charge in [-0.1, -0.05) is 30.3 Å². The highest BCUT2D eigenvalue weighted by Gasteiger charge is 2.28. The maximum atomic E-state index is 11.9. The largest absolute Gasteiger partial charge is 0.353 e. The summed E-state index contributed by atoms with van der Waals surface area (Å²) in [6.07, 6.45) is 3.28. The molecular weight excluding hydrogens is 298 g/mol. The molecule has 2 fully saturated rings. The average Bonchev–Trinajstić information content (AvgIpc) is 2.46. The van der Waals surface area contributed by atoms with Crippen molar-refractivity contribution in [2.75, 3.05) is 32.7 Å². The SMILES string of the molecule is Cl.O=C(NC1CCN(CCc2ccccc2)CC1)C1CNC1. The number of piperidine rings is 1. The second-order valence-electron chi connectivity index (χ2n) is 6.22. The van der Waals surface area contributed by atoms with Crippen LogP contribution in [0, 0.1) is 5.92 Å². The summed E-state index contributed by atoms with van der Waals surface area (Å²) >= 11 is 0. The van der Waals surface area contributed by atoms with Crippen molar-refractivity contribution in [1.29, 1.82) is 0 Å². The molecule has 0 atom stereocenters. The fourth-order valence-corrected chi connectivity index (χ4v) is 3.03. The molecule has 3 rings (SSSR count). The molecule has 2 N–H and O–H groups in total. The van der Waals surface area contributed by atoms with Crippen molar-refractivity contribution in [3.05, 3.63) is 35.9 Å². The Bertz CT molecular complexity index is 456. The maximum Gasteiger partial charge on any atom is 0.225 e. The van der Waals surface area contributed by atoms with Gasteiger partial charge in [0.05, 0.1) is 5.92 Å². The number of rotatable bonds is 5. The third kappa shape index (κ3) is 4.70. The molecule has 22 heavy (non-hydrogen) atoms. The van der Waals surface area contributed by atoms with E-state index in [1.165, 1.54) is 5.56 Å². The van der Waals surface area contributed by atoms with E-state index < -0.39 is 0 Å². The molecule has 0 aliphatic carbocycles. The van der Waals surface area contributed by atoms with E-state index in [1.54, 1.807) is 0 Å². The lowest BCUT2D eigenvalue weighted by Crippen LogP contribution is -2.54. The van der Waals surface area contributed by atoms with Crippen molar-refractivity contribution < 1.29 is 4.79 Å². The molecule has 0 radical (unpaired) electrons. The Morgan fingerprint density at radius 3 is 2.45 bits per heavy atom. The van der Waals surface area contributed by atoms with Crippen molar-refractivity contribution in [3.63, 3.8) is 0 Å². The molecule has 2 aliphatic heterocycles. The molecule has 0 bridgehead atoms. The van der Waals surface area contributed by atoms with Gasteiger partial charge in [0.2, 0.25) is 5.91 Å². The Balaban J connectivity index is 0.00000176. The molecule has 122 valence electrons. The van der Waals surface area contributed by atoms with Gasteiger partial charge in [-0.25, -0.2) is 0 Å². The third-order valence-electron chi connectivity index (χ3n) is 4.65. The summed E-state index contributed by atoms with van der Waals surface area (Å²) in [5, 5.41) is 6.36. The normalized spacial score (nSPS) is 20.0. The number of carbonyl (C=O) groups is 1. The number of nitrogens with zero attached hydrogens (tertiary/aromatic N) is 1. The third-order valence-corrected chi connectivity index (χ3v) is 4.65. The molecule has 1 amide bonds. The molecule has 2 aliphatic rings. The van der Waals surface area contributed by atoms with Crippen LogP contribution in [0.1, 0.15) is 18.4 Å². The van der Waals surface area contributed by atoms with E-state index in [-0.39, 0.29) is 24.2 Å². The quantitative estimate of drug-likeness (QED) is 0.862. The van der Waals surface area contributed by atoms with Crippen LogP contribution in [0.4, 0.5) is 0 Å². The van der Waals surface area contributed by atoms with Crippen LogP contribution in [0.5, 0.6) is 0 Å².